The topological polar surface area (TPSA) is 83.0 Å². The molecule has 11 aromatic carbocycles. The quantitative estimate of drug-likeness (QED) is 0.158. The number of nitrogens with zero attached hydrogens (tertiary/aromatic N) is 4. The highest BCUT2D eigenvalue weighted by Crippen LogP contribution is 2.44. The van der Waals surface area contributed by atoms with Gasteiger partial charge in [0, 0.05) is 76.6 Å². The minimum absolute atomic E-state index is 0.558. The molecule has 0 bridgehead atoms. The Kier molecular flexibility index (Phi) is 9.20. The van der Waals surface area contributed by atoms with E-state index in [1.165, 1.54) is 0 Å². The van der Waals surface area contributed by atoms with Crippen molar-refractivity contribution in [3.63, 3.8) is 0 Å². The van der Waals surface area contributed by atoms with Crippen molar-refractivity contribution in [2.45, 2.75) is 0 Å². The van der Waals surface area contributed by atoms with Gasteiger partial charge in [-0.15, -0.1) is 0 Å². The molecule has 76 heavy (non-hydrogen) atoms. The lowest BCUT2D eigenvalue weighted by molar-refractivity contribution is 0.668. The van der Waals surface area contributed by atoms with Crippen LogP contribution in [0.5, 0.6) is 0 Å². The Bertz CT molecular complexity index is 5020. The van der Waals surface area contributed by atoms with Crippen molar-refractivity contribution < 1.29 is 13.3 Å². The molecular formula is C69H40N4O3. The maximum atomic E-state index is 6.60. The zero-order valence-electron chi connectivity index (χ0n) is 40.6. The van der Waals surface area contributed by atoms with Crippen LogP contribution < -0.4 is 0 Å². The Morgan fingerprint density at radius 3 is 1.47 bits per heavy atom. The van der Waals surface area contributed by atoms with Gasteiger partial charge in [0.1, 0.15) is 33.5 Å². The Labute approximate surface area is 434 Å². The first-order chi connectivity index (χ1) is 37.6. The van der Waals surface area contributed by atoms with Crippen LogP contribution in [0.15, 0.2) is 256 Å². The minimum atomic E-state index is 0.558. The highest BCUT2D eigenvalue weighted by atomic mass is 16.3. The summed E-state index contributed by atoms with van der Waals surface area (Å²) in [6.07, 6.45) is 0. The molecule has 7 nitrogen and oxygen atoms in total. The highest BCUT2D eigenvalue weighted by Gasteiger charge is 2.22. The minimum Gasteiger partial charge on any atom is -0.456 e. The molecule has 5 aromatic heterocycles. The van der Waals surface area contributed by atoms with E-state index in [0.29, 0.717) is 17.5 Å². The SMILES string of the molecule is c1ccc(-c2nc(-c3cccc(-n4c5ccc(-c6cccc7c6oc6ccccc67)cc5c5cccc(-c6cccc(-c7ccc8c(c7)oc7ccccc78)c6)c54)c3)nc(-c3ccc4c(c3)oc3ccccc34)n2)cc1. The van der Waals surface area contributed by atoms with E-state index >= 15 is 0 Å². The summed E-state index contributed by atoms with van der Waals surface area (Å²) in [6, 6.07) is 84.8. The van der Waals surface area contributed by atoms with E-state index in [1.54, 1.807) is 0 Å². The lowest BCUT2D eigenvalue weighted by atomic mass is 9.96. The predicted molar refractivity (Wildman–Crippen MR) is 309 cm³/mol. The molecule has 5 heterocycles. The molecule has 0 unspecified atom stereocenters. The fraction of sp³-hybridized carbons (Fsp3) is 0. The summed E-state index contributed by atoms with van der Waals surface area (Å²) in [5, 5.41) is 8.79. The summed E-state index contributed by atoms with van der Waals surface area (Å²) in [4.78, 5) is 15.5. The highest BCUT2D eigenvalue weighted by molar-refractivity contribution is 6.16. The summed E-state index contributed by atoms with van der Waals surface area (Å²) in [6.45, 7) is 0. The van der Waals surface area contributed by atoms with Crippen molar-refractivity contribution in [2.75, 3.05) is 0 Å². The van der Waals surface area contributed by atoms with E-state index < -0.39 is 0 Å². The molecule has 0 atom stereocenters. The molecule has 0 saturated carbocycles. The number of para-hydroxylation sites is 5. The van der Waals surface area contributed by atoms with Crippen molar-refractivity contribution >= 4 is 87.6 Å². The Morgan fingerprint density at radius 1 is 0.263 bits per heavy atom. The van der Waals surface area contributed by atoms with Gasteiger partial charge in [0.2, 0.25) is 0 Å². The molecule has 0 fully saturated rings. The monoisotopic (exact) mass is 972 g/mol. The lowest BCUT2D eigenvalue weighted by Crippen LogP contribution is -2.01. The summed E-state index contributed by atoms with van der Waals surface area (Å²) in [7, 11) is 0. The third kappa shape index (κ3) is 6.66. The number of rotatable bonds is 7. The maximum absolute atomic E-state index is 6.60. The van der Waals surface area contributed by atoms with Gasteiger partial charge in [-0.05, 0) is 95.1 Å². The first-order valence-electron chi connectivity index (χ1n) is 25.5. The van der Waals surface area contributed by atoms with Crippen LogP contribution in [-0.4, -0.2) is 19.5 Å². The molecule has 0 aliphatic heterocycles. The molecule has 0 aliphatic carbocycles. The third-order valence-corrected chi connectivity index (χ3v) is 15.1. The van der Waals surface area contributed by atoms with Crippen molar-refractivity contribution in [2.24, 2.45) is 0 Å². The zero-order chi connectivity index (χ0) is 49.8. The van der Waals surface area contributed by atoms with Crippen molar-refractivity contribution in [1.82, 2.24) is 19.5 Å². The molecule has 16 rings (SSSR count). The second-order valence-electron chi connectivity index (χ2n) is 19.5. The maximum Gasteiger partial charge on any atom is 0.164 e. The van der Waals surface area contributed by atoms with Gasteiger partial charge in [-0.3, -0.25) is 0 Å². The standard InChI is InChI=1S/C69H40N4O3/c1-2-14-41(15-3-1)67-70-68(72-69(71-67)47-31-34-55-52-21-5-8-28-61(52)75-64(55)40-47)46-18-11-19-48(37-46)73-59-35-32-45(50-24-13-26-57-53-22-6-9-29-62(53)76-66(50)57)38-58(59)56-25-12-23-49(65(56)73)44-17-10-16-42(36-44)43-30-33-54-51-20-4-7-27-60(51)74-63(54)39-43/h1-40H. The molecule has 0 amide bonds. The van der Waals surface area contributed by atoms with E-state index in [4.69, 9.17) is 28.2 Å². The van der Waals surface area contributed by atoms with Crippen LogP contribution in [0.25, 0.3) is 161 Å². The number of furan rings is 3. The molecular weight excluding hydrogens is 933 g/mol. The first-order valence-corrected chi connectivity index (χ1v) is 25.5. The second kappa shape index (κ2) is 16.6. The molecule has 7 heteroatoms. The fourth-order valence-corrected chi connectivity index (χ4v) is 11.5. The smallest absolute Gasteiger partial charge is 0.164 e. The van der Waals surface area contributed by atoms with Crippen molar-refractivity contribution in [1.29, 1.82) is 0 Å². The lowest BCUT2D eigenvalue weighted by Gasteiger charge is -2.14. The van der Waals surface area contributed by atoms with E-state index in [0.717, 1.165) is 143 Å². The van der Waals surface area contributed by atoms with Crippen LogP contribution in [0.3, 0.4) is 0 Å². The van der Waals surface area contributed by atoms with E-state index in [9.17, 15) is 0 Å². The average Bonchev–Trinajstić information content (AvgIpc) is 4.26. The van der Waals surface area contributed by atoms with Gasteiger partial charge < -0.3 is 17.8 Å². The van der Waals surface area contributed by atoms with Gasteiger partial charge in [-0.2, -0.15) is 0 Å². The summed E-state index contributed by atoms with van der Waals surface area (Å²) in [5.74, 6) is 1.70. The Hall–Kier alpha value is -10.4. The Balaban J connectivity index is 0.892. The van der Waals surface area contributed by atoms with Crippen LogP contribution in [0.2, 0.25) is 0 Å². The molecule has 0 N–H and O–H groups in total. The van der Waals surface area contributed by atoms with Crippen LogP contribution >= 0.6 is 0 Å². The number of benzene rings is 11. The summed E-state index contributed by atoms with van der Waals surface area (Å²) < 4.78 is 21.7. The molecule has 16 aromatic rings. The van der Waals surface area contributed by atoms with Gasteiger partial charge in [-0.1, -0.05) is 170 Å². The largest absolute Gasteiger partial charge is 0.456 e. The van der Waals surface area contributed by atoms with Crippen molar-refractivity contribution in [3.05, 3.63) is 243 Å². The van der Waals surface area contributed by atoms with E-state index in [1.807, 2.05) is 78.9 Å². The zero-order valence-corrected chi connectivity index (χ0v) is 40.6. The summed E-state index contributed by atoms with van der Waals surface area (Å²) in [5.41, 5.74) is 17.3. The third-order valence-electron chi connectivity index (χ3n) is 15.1. The number of aromatic nitrogens is 4. The van der Waals surface area contributed by atoms with Gasteiger partial charge in [0.05, 0.1) is 11.0 Å². The van der Waals surface area contributed by atoms with Gasteiger partial charge in [0.25, 0.3) is 0 Å². The Morgan fingerprint density at radius 2 is 0.737 bits per heavy atom. The van der Waals surface area contributed by atoms with E-state index in [-0.39, 0.29) is 0 Å². The molecule has 0 radical (unpaired) electrons. The molecule has 0 saturated heterocycles. The van der Waals surface area contributed by atoms with Gasteiger partial charge in [-0.25, -0.2) is 15.0 Å². The molecule has 354 valence electrons. The van der Waals surface area contributed by atoms with Gasteiger partial charge >= 0.3 is 0 Å². The first kappa shape index (κ1) is 42.2. The average molecular weight is 973 g/mol. The number of hydrogen-bond acceptors (Lipinski definition) is 6. The fourth-order valence-electron chi connectivity index (χ4n) is 11.5. The summed E-state index contributed by atoms with van der Waals surface area (Å²) >= 11 is 0. The van der Waals surface area contributed by atoms with Gasteiger partial charge in [0.15, 0.2) is 17.5 Å². The molecule has 0 spiro atoms. The van der Waals surface area contributed by atoms with Crippen LogP contribution in [0.4, 0.5) is 0 Å². The second-order valence-corrected chi connectivity index (χ2v) is 19.5. The van der Waals surface area contributed by atoms with E-state index in [2.05, 4.69) is 168 Å². The van der Waals surface area contributed by atoms with Crippen molar-refractivity contribution in [3.8, 4) is 73.2 Å². The van der Waals surface area contributed by atoms with Crippen LogP contribution in [-0.2, 0) is 0 Å². The van der Waals surface area contributed by atoms with Crippen LogP contribution in [0, 0.1) is 0 Å². The van der Waals surface area contributed by atoms with Crippen LogP contribution in [0.1, 0.15) is 0 Å². The number of fused-ring (bicyclic) bond motifs is 12. The predicted octanol–water partition coefficient (Wildman–Crippen LogP) is 18.7. The molecule has 0 aliphatic rings. The normalized spacial score (nSPS) is 11.9. The number of hydrogen-bond donors (Lipinski definition) is 0.